The lowest BCUT2D eigenvalue weighted by molar-refractivity contribution is 0.0696. The molecule has 1 aliphatic rings. The van der Waals surface area contributed by atoms with Crippen LogP contribution in [0.15, 0.2) is 22.7 Å². The van der Waals surface area contributed by atoms with Gasteiger partial charge in [-0.15, -0.1) is 0 Å². The second kappa shape index (κ2) is 5.51. The van der Waals surface area contributed by atoms with E-state index in [9.17, 15) is 4.79 Å². The first-order valence-electron chi connectivity index (χ1n) is 5.40. The highest BCUT2D eigenvalue weighted by Crippen LogP contribution is 2.27. The van der Waals surface area contributed by atoms with Crippen molar-refractivity contribution in [2.45, 2.75) is 6.42 Å². The third-order valence-electron chi connectivity index (χ3n) is 2.68. The number of hydrogen-bond donors (Lipinski definition) is 1. The van der Waals surface area contributed by atoms with Crippen LogP contribution in [0.2, 0.25) is 0 Å². The van der Waals surface area contributed by atoms with Crippen LogP contribution in [0.3, 0.4) is 0 Å². The minimum absolute atomic E-state index is 0.244. The summed E-state index contributed by atoms with van der Waals surface area (Å²) in [6.45, 7) is 2.14. The summed E-state index contributed by atoms with van der Waals surface area (Å²) >= 11 is 3.31. The van der Waals surface area contributed by atoms with Gasteiger partial charge in [-0.2, -0.15) is 0 Å². The zero-order valence-electron chi connectivity index (χ0n) is 9.19. The lowest BCUT2D eigenvalue weighted by Crippen LogP contribution is -2.12. The zero-order chi connectivity index (χ0) is 12.3. The third kappa shape index (κ3) is 3.20. The fourth-order valence-corrected chi connectivity index (χ4v) is 2.17. The smallest absolute Gasteiger partial charge is 0.335 e. The molecule has 17 heavy (non-hydrogen) atoms. The van der Waals surface area contributed by atoms with Crippen LogP contribution in [-0.4, -0.2) is 30.9 Å². The number of carboxylic acids is 1. The Morgan fingerprint density at radius 1 is 1.59 bits per heavy atom. The van der Waals surface area contributed by atoms with Gasteiger partial charge in [-0.25, -0.2) is 4.79 Å². The molecular formula is C12H13BrO4. The molecule has 5 heteroatoms. The van der Waals surface area contributed by atoms with E-state index in [4.69, 9.17) is 14.6 Å². The van der Waals surface area contributed by atoms with E-state index in [0.29, 0.717) is 22.7 Å². The molecule has 92 valence electrons. The van der Waals surface area contributed by atoms with Crippen LogP contribution < -0.4 is 4.74 Å². The Morgan fingerprint density at radius 3 is 3.00 bits per heavy atom. The summed E-state index contributed by atoms with van der Waals surface area (Å²) < 4.78 is 11.6. The molecule has 2 rings (SSSR count). The second-order valence-electron chi connectivity index (χ2n) is 3.99. The molecule has 1 aromatic carbocycles. The van der Waals surface area contributed by atoms with Crippen molar-refractivity contribution in [3.8, 4) is 5.75 Å². The number of carboxylic acid groups (broad SMARTS) is 1. The summed E-state index contributed by atoms with van der Waals surface area (Å²) in [6, 6.07) is 4.75. The minimum Gasteiger partial charge on any atom is -0.492 e. The highest BCUT2D eigenvalue weighted by Gasteiger charge is 2.17. The summed E-state index contributed by atoms with van der Waals surface area (Å²) in [7, 11) is 0. The molecule has 1 heterocycles. The largest absolute Gasteiger partial charge is 0.492 e. The van der Waals surface area contributed by atoms with E-state index in [1.54, 1.807) is 12.1 Å². The molecule has 1 aromatic rings. The Balaban J connectivity index is 1.98. The van der Waals surface area contributed by atoms with Crippen LogP contribution in [0.25, 0.3) is 0 Å². The first kappa shape index (κ1) is 12.4. The summed E-state index contributed by atoms with van der Waals surface area (Å²) in [5.74, 6) is 0.157. The van der Waals surface area contributed by atoms with E-state index < -0.39 is 5.97 Å². The van der Waals surface area contributed by atoms with E-state index in [1.165, 1.54) is 6.07 Å². The fourth-order valence-electron chi connectivity index (χ4n) is 1.67. The standard InChI is InChI=1S/C12H13BrO4/c13-10-5-9(12(14)15)1-2-11(10)17-7-8-3-4-16-6-8/h1-2,5,8H,3-4,6-7H2,(H,14,15). The van der Waals surface area contributed by atoms with Gasteiger partial charge in [0.25, 0.3) is 0 Å². The average molecular weight is 301 g/mol. The summed E-state index contributed by atoms with van der Waals surface area (Å²) in [4.78, 5) is 10.8. The molecule has 0 amide bonds. The lowest BCUT2D eigenvalue weighted by Gasteiger charge is -2.11. The van der Waals surface area contributed by atoms with Gasteiger partial charge in [-0.3, -0.25) is 0 Å². The molecule has 1 fully saturated rings. The SMILES string of the molecule is O=C(O)c1ccc(OCC2CCOC2)c(Br)c1. The molecule has 0 bridgehead atoms. The van der Waals surface area contributed by atoms with Gasteiger partial charge in [0.15, 0.2) is 0 Å². The van der Waals surface area contributed by atoms with Crippen LogP contribution in [0.1, 0.15) is 16.8 Å². The number of halogens is 1. The van der Waals surface area contributed by atoms with Gasteiger partial charge in [0.05, 0.1) is 23.2 Å². The fraction of sp³-hybridized carbons (Fsp3) is 0.417. The van der Waals surface area contributed by atoms with Gasteiger partial charge >= 0.3 is 5.97 Å². The molecule has 0 aromatic heterocycles. The first-order chi connectivity index (χ1) is 8.16. The molecular weight excluding hydrogens is 288 g/mol. The van der Waals surface area contributed by atoms with Crippen molar-refractivity contribution in [2.24, 2.45) is 5.92 Å². The van der Waals surface area contributed by atoms with Crippen molar-refractivity contribution >= 4 is 21.9 Å². The molecule has 4 nitrogen and oxygen atoms in total. The monoisotopic (exact) mass is 300 g/mol. The first-order valence-corrected chi connectivity index (χ1v) is 6.19. The van der Waals surface area contributed by atoms with Crippen molar-refractivity contribution in [1.29, 1.82) is 0 Å². The molecule has 0 aliphatic carbocycles. The van der Waals surface area contributed by atoms with Crippen molar-refractivity contribution in [2.75, 3.05) is 19.8 Å². The molecule has 1 unspecified atom stereocenters. The topological polar surface area (TPSA) is 55.8 Å². The molecule has 1 atom stereocenters. The Morgan fingerprint density at radius 2 is 2.41 bits per heavy atom. The number of aromatic carboxylic acids is 1. The van der Waals surface area contributed by atoms with Crippen LogP contribution in [0, 0.1) is 5.92 Å². The van der Waals surface area contributed by atoms with Gasteiger partial charge in [-0.1, -0.05) is 0 Å². The van der Waals surface area contributed by atoms with Crippen LogP contribution in [0.4, 0.5) is 0 Å². The molecule has 0 spiro atoms. The maximum Gasteiger partial charge on any atom is 0.335 e. The Bertz CT molecular complexity index is 413. The number of ether oxygens (including phenoxy) is 2. The van der Waals surface area contributed by atoms with Crippen LogP contribution in [0.5, 0.6) is 5.75 Å². The lowest BCUT2D eigenvalue weighted by atomic mass is 10.1. The number of hydrogen-bond acceptors (Lipinski definition) is 3. The van der Waals surface area contributed by atoms with Gasteiger partial charge in [-0.05, 0) is 40.5 Å². The third-order valence-corrected chi connectivity index (χ3v) is 3.30. The molecule has 0 saturated carbocycles. The van der Waals surface area contributed by atoms with Gasteiger partial charge in [0.2, 0.25) is 0 Å². The van der Waals surface area contributed by atoms with Gasteiger partial charge in [0.1, 0.15) is 5.75 Å². The molecule has 0 radical (unpaired) electrons. The van der Waals surface area contributed by atoms with E-state index in [0.717, 1.165) is 19.6 Å². The second-order valence-corrected chi connectivity index (χ2v) is 4.85. The number of benzene rings is 1. The minimum atomic E-state index is -0.943. The Labute approximate surface area is 108 Å². The number of carbonyl (C=O) groups is 1. The average Bonchev–Trinajstić information content (AvgIpc) is 2.80. The predicted molar refractivity (Wildman–Crippen MR) is 65.5 cm³/mol. The van der Waals surface area contributed by atoms with Crippen LogP contribution >= 0.6 is 15.9 Å². The predicted octanol–water partition coefficient (Wildman–Crippen LogP) is 2.56. The summed E-state index contributed by atoms with van der Waals surface area (Å²) in [5.41, 5.74) is 0.244. The highest BCUT2D eigenvalue weighted by atomic mass is 79.9. The Hall–Kier alpha value is -1.07. The molecule has 1 aliphatic heterocycles. The van der Waals surface area contributed by atoms with Crippen molar-refractivity contribution in [3.05, 3.63) is 28.2 Å². The van der Waals surface area contributed by atoms with E-state index >= 15 is 0 Å². The van der Waals surface area contributed by atoms with E-state index in [1.807, 2.05) is 0 Å². The molecule has 1 saturated heterocycles. The zero-order valence-corrected chi connectivity index (χ0v) is 10.8. The van der Waals surface area contributed by atoms with Crippen molar-refractivity contribution in [1.82, 2.24) is 0 Å². The van der Waals surface area contributed by atoms with E-state index in [-0.39, 0.29) is 5.56 Å². The summed E-state index contributed by atoms with van der Waals surface area (Å²) in [6.07, 6.45) is 1.02. The van der Waals surface area contributed by atoms with Crippen molar-refractivity contribution in [3.63, 3.8) is 0 Å². The Kier molecular flexibility index (Phi) is 4.02. The van der Waals surface area contributed by atoms with Gasteiger partial charge < -0.3 is 14.6 Å². The maximum atomic E-state index is 10.8. The van der Waals surface area contributed by atoms with Crippen molar-refractivity contribution < 1.29 is 19.4 Å². The van der Waals surface area contributed by atoms with Gasteiger partial charge in [0, 0.05) is 12.5 Å². The normalized spacial score (nSPS) is 19.2. The van der Waals surface area contributed by atoms with E-state index in [2.05, 4.69) is 15.9 Å². The number of rotatable bonds is 4. The quantitative estimate of drug-likeness (QED) is 0.928. The maximum absolute atomic E-state index is 10.8. The van der Waals surface area contributed by atoms with Crippen LogP contribution in [-0.2, 0) is 4.74 Å². The summed E-state index contributed by atoms with van der Waals surface area (Å²) in [5, 5.41) is 8.82. The highest BCUT2D eigenvalue weighted by molar-refractivity contribution is 9.10. The molecule has 1 N–H and O–H groups in total.